The van der Waals surface area contributed by atoms with E-state index in [0.29, 0.717) is 0 Å². The van der Waals surface area contributed by atoms with E-state index in [0.717, 1.165) is 19.5 Å². The number of nitrogens with zero attached hydrogens (tertiary/aromatic N) is 1. The van der Waals surface area contributed by atoms with Crippen molar-refractivity contribution in [2.75, 3.05) is 18.0 Å². The molecule has 0 aliphatic carbocycles. The van der Waals surface area contributed by atoms with Gasteiger partial charge in [-0.05, 0) is 13.8 Å². The summed E-state index contributed by atoms with van der Waals surface area (Å²) in [7, 11) is 0. The zero-order valence-corrected chi connectivity index (χ0v) is 11.2. The molecule has 16 heavy (non-hydrogen) atoms. The zero-order valence-electron chi connectivity index (χ0n) is 11.2. The summed E-state index contributed by atoms with van der Waals surface area (Å²) in [6, 6.07) is 8.67. The molecule has 2 heteroatoms. The fourth-order valence-electron chi connectivity index (χ4n) is 1.81. The number of hydrogen-bond donors (Lipinski definition) is 0. The summed E-state index contributed by atoms with van der Waals surface area (Å²) in [6.07, 6.45) is 4.72. The second-order valence-corrected chi connectivity index (χ2v) is 3.72. The maximum atomic E-state index is 2.40. The van der Waals surface area contributed by atoms with Crippen molar-refractivity contribution in [3.63, 3.8) is 0 Å². The van der Waals surface area contributed by atoms with Crippen LogP contribution in [0.5, 0.6) is 0 Å². The number of anilines is 1. The summed E-state index contributed by atoms with van der Waals surface area (Å²) in [5.74, 6) is 0. The second kappa shape index (κ2) is 8.62. The number of benzene rings is 1. The quantitative estimate of drug-likeness (QED) is 0.499. The summed E-state index contributed by atoms with van der Waals surface area (Å²) in [4.78, 5) is 2.40. The predicted octanol–water partition coefficient (Wildman–Crippen LogP) is 0.889. The minimum atomic E-state index is 0. The number of rotatable bonds is 6. The molecule has 0 bridgehead atoms. The standard InChI is InChI=1S/C14H22N.Li/c1-4-7-10-13-11-8-9-12-14(13)15(5-2)6-3;/h8-12H,4-7H2,1-3H3;/q-1;+1. The SMILES string of the molecule is CCC[CH-]c1ccccc1N(CC)CC.[Li+]. The first-order chi connectivity index (χ1) is 7.33. The Balaban J connectivity index is 0.00000225. The van der Waals surface area contributed by atoms with E-state index >= 15 is 0 Å². The van der Waals surface area contributed by atoms with Crippen LogP contribution in [-0.2, 0) is 0 Å². The van der Waals surface area contributed by atoms with Crippen LogP contribution in [0.4, 0.5) is 5.69 Å². The van der Waals surface area contributed by atoms with Gasteiger partial charge in [0.1, 0.15) is 0 Å². The van der Waals surface area contributed by atoms with Crippen LogP contribution in [0.3, 0.4) is 0 Å². The van der Waals surface area contributed by atoms with Gasteiger partial charge < -0.3 is 4.90 Å². The molecule has 0 saturated carbocycles. The van der Waals surface area contributed by atoms with Crippen LogP contribution in [0, 0.1) is 6.42 Å². The first kappa shape index (κ1) is 15.5. The van der Waals surface area contributed by atoms with E-state index in [4.69, 9.17) is 0 Å². The van der Waals surface area contributed by atoms with Gasteiger partial charge in [0.15, 0.2) is 0 Å². The molecule has 0 saturated heterocycles. The molecule has 0 aromatic heterocycles. The van der Waals surface area contributed by atoms with Gasteiger partial charge in [-0.15, -0.1) is 6.07 Å². The van der Waals surface area contributed by atoms with E-state index in [1.807, 2.05) is 0 Å². The van der Waals surface area contributed by atoms with Gasteiger partial charge in [0, 0.05) is 13.1 Å². The molecule has 0 fully saturated rings. The van der Waals surface area contributed by atoms with Gasteiger partial charge in [0.2, 0.25) is 0 Å². The molecule has 1 nitrogen and oxygen atoms in total. The molecule has 0 aliphatic rings. The Morgan fingerprint density at radius 3 is 2.25 bits per heavy atom. The Hall–Kier alpha value is -0.513. The van der Waals surface area contributed by atoms with Gasteiger partial charge in [-0.25, -0.2) is 0 Å². The van der Waals surface area contributed by atoms with Gasteiger partial charge in [-0.2, -0.15) is 18.1 Å². The Morgan fingerprint density at radius 1 is 1.06 bits per heavy atom. The summed E-state index contributed by atoms with van der Waals surface area (Å²) in [5.41, 5.74) is 2.75. The smallest absolute Gasteiger partial charge is 0.424 e. The predicted molar refractivity (Wildman–Crippen MR) is 68.3 cm³/mol. The van der Waals surface area contributed by atoms with E-state index in [-0.39, 0.29) is 18.9 Å². The maximum Gasteiger partial charge on any atom is 1.00 e. The van der Waals surface area contributed by atoms with Crippen molar-refractivity contribution in [3.05, 3.63) is 36.2 Å². The average molecular weight is 211 g/mol. The van der Waals surface area contributed by atoms with E-state index < -0.39 is 0 Å². The minimum Gasteiger partial charge on any atom is -0.424 e. The topological polar surface area (TPSA) is 3.24 Å². The maximum absolute atomic E-state index is 2.40. The van der Waals surface area contributed by atoms with Crippen LogP contribution >= 0.6 is 0 Å². The van der Waals surface area contributed by atoms with Crippen molar-refractivity contribution in [2.24, 2.45) is 0 Å². The average Bonchev–Trinajstić information content (AvgIpc) is 2.29. The molecule has 0 heterocycles. The van der Waals surface area contributed by atoms with Crippen LogP contribution in [-0.4, -0.2) is 13.1 Å². The largest absolute Gasteiger partial charge is 1.00 e. The first-order valence-corrected chi connectivity index (χ1v) is 6.00. The first-order valence-electron chi connectivity index (χ1n) is 6.00. The van der Waals surface area contributed by atoms with Crippen LogP contribution < -0.4 is 23.8 Å². The molecule has 84 valence electrons. The fourth-order valence-corrected chi connectivity index (χ4v) is 1.81. The normalized spacial score (nSPS) is 9.44. The third kappa shape index (κ3) is 4.16. The van der Waals surface area contributed by atoms with Crippen molar-refractivity contribution >= 4 is 5.69 Å². The van der Waals surface area contributed by atoms with E-state index in [1.165, 1.54) is 17.7 Å². The fraction of sp³-hybridized carbons (Fsp3) is 0.500. The van der Waals surface area contributed by atoms with Crippen LogP contribution in [0.2, 0.25) is 0 Å². The summed E-state index contributed by atoms with van der Waals surface area (Å²) < 4.78 is 0. The molecule has 0 atom stereocenters. The van der Waals surface area contributed by atoms with Gasteiger partial charge >= 0.3 is 18.9 Å². The van der Waals surface area contributed by atoms with E-state index in [1.54, 1.807) is 0 Å². The van der Waals surface area contributed by atoms with Gasteiger partial charge in [-0.1, -0.05) is 37.6 Å². The number of unbranched alkanes of at least 4 members (excludes halogenated alkanes) is 1. The third-order valence-corrected chi connectivity index (χ3v) is 2.69. The molecule has 1 aromatic rings. The van der Waals surface area contributed by atoms with E-state index in [9.17, 15) is 0 Å². The molecular formula is C14H22LiN. The third-order valence-electron chi connectivity index (χ3n) is 2.69. The molecular weight excluding hydrogens is 189 g/mol. The molecule has 1 rings (SSSR count). The molecule has 0 amide bonds. The number of para-hydroxylation sites is 1. The van der Waals surface area contributed by atoms with Crippen molar-refractivity contribution < 1.29 is 18.9 Å². The zero-order chi connectivity index (χ0) is 11.1. The molecule has 1 aromatic carbocycles. The Labute approximate surface area is 112 Å². The molecule has 0 unspecified atom stereocenters. The van der Waals surface area contributed by atoms with Crippen LogP contribution in [0.1, 0.15) is 39.2 Å². The monoisotopic (exact) mass is 211 g/mol. The Morgan fingerprint density at radius 2 is 1.69 bits per heavy atom. The minimum absolute atomic E-state index is 0. The van der Waals surface area contributed by atoms with Gasteiger partial charge in [0.05, 0.1) is 0 Å². The molecule has 0 aliphatic heterocycles. The number of hydrogen-bond acceptors (Lipinski definition) is 1. The van der Waals surface area contributed by atoms with Gasteiger partial charge in [0.25, 0.3) is 0 Å². The summed E-state index contributed by atoms with van der Waals surface area (Å²) in [6.45, 7) is 8.79. The Bertz CT molecular complexity index is 282. The summed E-state index contributed by atoms with van der Waals surface area (Å²) in [5, 5.41) is 0. The summed E-state index contributed by atoms with van der Waals surface area (Å²) >= 11 is 0. The van der Waals surface area contributed by atoms with E-state index in [2.05, 4.69) is 56.4 Å². The van der Waals surface area contributed by atoms with Crippen molar-refractivity contribution in [1.29, 1.82) is 0 Å². The van der Waals surface area contributed by atoms with Crippen molar-refractivity contribution in [2.45, 2.75) is 33.6 Å². The van der Waals surface area contributed by atoms with Crippen LogP contribution in [0.15, 0.2) is 24.3 Å². The molecule has 0 N–H and O–H groups in total. The second-order valence-electron chi connectivity index (χ2n) is 3.72. The van der Waals surface area contributed by atoms with Crippen LogP contribution in [0.25, 0.3) is 0 Å². The molecule has 0 radical (unpaired) electrons. The molecule has 0 spiro atoms. The van der Waals surface area contributed by atoms with Crippen molar-refractivity contribution in [3.8, 4) is 0 Å². The Kier molecular flexibility index (Phi) is 8.34. The van der Waals surface area contributed by atoms with Gasteiger partial charge in [-0.3, -0.25) is 0 Å². The van der Waals surface area contributed by atoms with Crippen molar-refractivity contribution in [1.82, 2.24) is 0 Å².